The van der Waals surface area contributed by atoms with E-state index in [1.807, 2.05) is 54.6 Å². The van der Waals surface area contributed by atoms with Gasteiger partial charge in [-0.05, 0) is 87.8 Å². The van der Waals surface area contributed by atoms with Gasteiger partial charge in [-0.25, -0.2) is 0 Å². The first-order chi connectivity index (χ1) is 21.7. The minimum atomic E-state index is -3.42. The number of ether oxygens (including phenoxy) is 2. The van der Waals surface area contributed by atoms with E-state index in [9.17, 15) is 0 Å². The molecule has 44 heavy (non-hydrogen) atoms. The lowest BCUT2D eigenvalue weighted by Crippen LogP contribution is -2.35. The molecule has 6 aromatic rings. The van der Waals surface area contributed by atoms with Crippen LogP contribution < -0.4 is 25.4 Å². The molecular formula is C40H27O3P. The third-order valence-electron chi connectivity index (χ3n) is 8.98. The van der Waals surface area contributed by atoms with Gasteiger partial charge in [0.05, 0.1) is 10.6 Å². The first-order valence-electron chi connectivity index (χ1n) is 15.0. The van der Waals surface area contributed by atoms with Gasteiger partial charge in [-0.3, -0.25) is 0 Å². The van der Waals surface area contributed by atoms with Gasteiger partial charge in [0, 0.05) is 5.56 Å². The van der Waals surface area contributed by atoms with Gasteiger partial charge in [0.2, 0.25) is 0 Å². The number of hydrogen-bond acceptors (Lipinski definition) is 3. The Morgan fingerprint density at radius 1 is 0.591 bits per heavy atom. The van der Waals surface area contributed by atoms with Crippen LogP contribution in [-0.2, 0) is 4.57 Å². The second kappa shape index (κ2) is 9.71. The SMILES string of the molecule is O=P12c3ccc(C4=CC=CCC4)cc3Oc3ccc(-c4cccc(-c5ccccc5)c4)c(c31)Oc1ccc3ccccc3c12. The van der Waals surface area contributed by atoms with Crippen molar-refractivity contribution in [3.8, 4) is 45.3 Å². The highest BCUT2D eigenvalue weighted by molar-refractivity contribution is 7.86. The van der Waals surface area contributed by atoms with E-state index >= 15 is 4.57 Å². The van der Waals surface area contributed by atoms with Gasteiger partial charge >= 0.3 is 0 Å². The molecule has 0 aromatic heterocycles. The molecule has 0 saturated carbocycles. The molecule has 3 aliphatic rings. The molecule has 0 radical (unpaired) electrons. The fourth-order valence-electron chi connectivity index (χ4n) is 6.88. The summed E-state index contributed by atoms with van der Waals surface area (Å²) in [6.45, 7) is 0. The predicted molar refractivity (Wildman–Crippen MR) is 181 cm³/mol. The van der Waals surface area contributed by atoms with Crippen LogP contribution in [0.2, 0.25) is 0 Å². The van der Waals surface area contributed by atoms with E-state index in [0.717, 1.165) is 62.0 Å². The smallest absolute Gasteiger partial charge is 0.186 e. The van der Waals surface area contributed by atoms with Crippen LogP contribution in [0.5, 0.6) is 23.0 Å². The Hall–Kier alpha value is -5.11. The zero-order valence-corrected chi connectivity index (χ0v) is 24.8. The summed E-state index contributed by atoms with van der Waals surface area (Å²) in [6, 6.07) is 41.2. The van der Waals surface area contributed by atoms with Crippen LogP contribution >= 0.6 is 7.14 Å². The van der Waals surface area contributed by atoms with E-state index in [1.54, 1.807) is 0 Å². The average molecular weight is 587 g/mol. The van der Waals surface area contributed by atoms with Gasteiger partial charge < -0.3 is 14.0 Å². The summed E-state index contributed by atoms with van der Waals surface area (Å²) in [5, 5.41) is 4.09. The van der Waals surface area contributed by atoms with Crippen molar-refractivity contribution in [1.82, 2.24) is 0 Å². The lowest BCUT2D eigenvalue weighted by Gasteiger charge is -2.36. The Balaban J connectivity index is 1.30. The average Bonchev–Trinajstić information content (AvgIpc) is 3.09. The molecule has 0 N–H and O–H groups in total. The normalized spacial score (nSPS) is 17.5. The Labute approximate surface area is 256 Å². The van der Waals surface area contributed by atoms with Crippen LogP contribution in [0.1, 0.15) is 18.4 Å². The third kappa shape index (κ3) is 3.73. The van der Waals surface area contributed by atoms with Crippen molar-refractivity contribution < 1.29 is 14.0 Å². The van der Waals surface area contributed by atoms with E-state index in [2.05, 4.69) is 85.0 Å². The Morgan fingerprint density at radius 2 is 1.39 bits per heavy atom. The molecule has 2 aliphatic heterocycles. The molecule has 3 nitrogen and oxygen atoms in total. The minimum absolute atomic E-state index is 0.590. The van der Waals surface area contributed by atoms with Crippen LogP contribution in [0.4, 0.5) is 0 Å². The molecular weight excluding hydrogens is 559 g/mol. The van der Waals surface area contributed by atoms with Crippen LogP contribution in [0.3, 0.4) is 0 Å². The maximum Gasteiger partial charge on any atom is 0.186 e. The molecule has 9 rings (SSSR count). The van der Waals surface area contributed by atoms with Crippen molar-refractivity contribution in [3.05, 3.63) is 145 Å². The summed E-state index contributed by atoms with van der Waals surface area (Å²) in [5.41, 5.74) is 6.50. The first kappa shape index (κ1) is 25.4. The van der Waals surface area contributed by atoms with Gasteiger partial charge in [-0.1, -0.05) is 103 Å². The predicted octanol–water partition coefficient (Wildman–Crippen LogP) is 9.76. The number of rotatable bonds is 3. The summed E-state index contributed by atoms with van der Waals surface area (Å²) < 4.78 is 29.6. The second-order valence-corrected chi connectivity index (χ2v) is 14.1. The quantitative estimate of drug-likeness (QED) is 0.193. The summed E-state index contributed by atoms with van der Waals surface area (Å²) in [4.78, 5) is 0. The summed E-state index contributed by atoms with van der Waals surface area (Å²) >= 11 is 0. The van der Waals surface area contributed by atoms with E-state index in [4.69, 9.17) is 9.47 Å². The van der Waals surface area contributed by atoms with Crippen molar-refractivity contribution in [2.45, 2.75) is 12.8 Å². The summed E-state index contributed by atoms with van der Waals surface area (Å²) in [6.07, 6.45) is 8.44. The lowest BCUT2D eigenvalue weighted by molar-refractivity contribution is 0.463. The molecule has 2 heterocycles. The molecule has 0 bridgehead atoms. The molecule has 0 spiro atoms. The maximum absolute atomic E-state index is 16.1. The molecule has 210 valence electrons. The number of allylic oxidation sites excluding steroid dienone is 4. The number of fused-ring (bicyclic) bond motifs is 6. The first-order valence-corrected chi connectivity index (χ1v) is 16.7. The lowest BCUT2D eigenvalue weighted by atomic mass is 9.97. The monoisotopic (exact) mass is 586 g/mol. The Morgan fingerprint density at radius 3 is 2.27 bits per heavy atom. The standard InChI is InChI=1S/C40H27O3P/c41-44-37-23-19-30(27-12-5-2-6-13-27)25-36(37)42-35-22-20-32(31-16-9-15-29(24-31)26-10-3-1-4-11-26)38(40(35)44)43-34-21-18-28-14-7-8-17-33(28)39(34)44/h1-5,7-12,14-25H,6,13H2. The molecule has 6 aromatic carbocycles. The van der Waals surface area contributed by atoms with E-state index in [0.29, 0.717) is 28.3 Å². The summed E-state index contributed by atoms with van der Waals surface area (Å²) in [5.74, 6) is 2.48. The highest BCUT2D eigenvalue weighted by atomic mass is 31.2. The molecule has 1 aliphatic carbocycles. The van der Waals surface area contributed by atoms with Gasteiger partial charge in [-0.2, -0.15) is 0 Å². The van der Waals surface area contributed by atoms with Crippen molar-refractivity contribution >= 4 is 39.4 Å². The van der Waals surface area contributed by atoms with Crippen LogP contribution in [-0.4, -0.2) is 0 Å². The van der Waals surface area contributed by atoms with E-state index in [1.165, 1.54) is 5.57 Å². The molecule has 0 amide bonds. The number of hydrogen-bond donors (Lipinski definition) is 0. The topological polar surface area (TPSA) is 35.5 Å². The van der Waals surface area contributed by atoms with Crippen molar-refractivity contribution in [1.29, 1.82) is 0 Å². The molecule has 1 unspecified atom stereocenters. The van der Waals surface area contributed by atoms with Crippen molar-refractivity contribution in [2.24, 2.45) is 0 Å². The number of benzene rings is 6. The van der Waals surface area contributed by atoms with E-state index < -0.39 is 7.14 Å². The van der Waals surface area contributed by atoms with Gasteiger partial charge in [0.25, 0.3) is 0 Å². The van der Waals surface area contributed by atoms with Crippen LogP contribution in [0, 0.1) is 0 Å². The molecule has 1 atom stereocenters. The van der Waals surface area contributed by atoms with Crippen LogP contribution in [0.25, 0.3) is 38.6 Å². The maximum atomic E-state index is 16.1. The molecule has 0 fully saturated rings. The summed E-state index contributed by atoms with van der Waals surface area (Å²) in [7, 11) is -3.42. The van der Waals surface area contributed by atoms with Crippen LogP contribution in [0.15, 0.2) is 140 Å². The highest BCUT2D eigenvalue weighted by Crippen LogP contribution is 2.61. The largest absolute Gasteiger partial charge is 0.456 e. The third-order valence-corrected chi connectivity index (χ3v) is 12.2. The van der Waals surface area contributed by atoms with Crippen molar-refractivity contribution in [3.63, 3.8) is 0 Å². The minimum Gasteiger partial charge on any atom is -0.456 e. The fourth-order valence-corrected chi connectivity index (χ4v) is 10.1. The van der Waals surface area contributed by atoms with Gasteiger partial charge in [0.15, 0.2) is 7.14 Å². The fraction of sp³-hybridized carbons (Fsp3) is 0.0500. The Bertz CT molecular complexity index is 2260. The van der Waals surface area contributed by atoms with Crippen molar-refractivity contribution in [2.75, 3.05) is 0 Å². The van der Waals surface area contributed by atoms with Gasteiger partial charge in [0.1, 0.15) is 28.3 Å². The Kier molecular flexibility index (Phi) is 5.60. The highest BCUT2D eigenvalue weighted by Gasteiger charge is 2.48. The van der Waals surface area contributed by atoms with E-state index in [-0.39, 0.29) is 0 Å². The molecule has 0 saturated heterocycles. The second-order valence-electron chi connectivity index (χ2n) is 11.5. The zero-order valence-electron chi connectivity index (χ0n) is 23.9. The zero-order chi connectivity index (χ0) is 29.3. The molecule has 4 heteroatoms. The van der Waals surface area contributed by atoms with Gasteiger partial charge in [-0.15, -0.1) is 0 Å².